The molecule has 1 heterocycles. The quantitative estimate of drug-likeness (QED) is 0.643. The molecule has 2 aromatic carbocycles. The fourth-order valence-electron chi connectivity index (χ4n) is 2.66. The molecule has 3 aromatic rings. The lowest BCUT2D eigenvalue weighted by Gasteiger charge is -2.13. The summed E-state index contributed by atoms with van der Waals surface area (Å²) in [6.45, 7) is 1.81. The highest BCUT2D eigenvalue weighted by Crippen LogP contribution is 2.17. The summed E-state index contributed by atoms with van der Waals surface area (Å²) in [5.41, 5.74) is 3.17. The van der Waals surface area contributed by atoms with Crippen LogP contribution in [0.5, 0.6) is 5.75 Å². The average Bonchev–Trinajstić information content (AvgIpc) is 3.14. The maximum Gasteiger partial charge on any atom is 0.279 e. The van der Waals surface area contributed by atoms with Crippen LogP contribution in [0.3, 0.4) is 0 Å². The van der Waals surface area contributed by atoms with Crippen LogP contribution >= 0.6 is 11.3 Å². The van der Waals surface area contributed by atoms with Gasteiger partial charge in [0.05, 0.1) is 7.05 Å². The number of quaternary nitrogens is 1. The van der Waals surface area contributed by atoms with E-state index in [0.717, 1.165) is 28.4 Å². The SMILES string of the molecule is C[NH+](CC(=O)Nc1ccc(OCc2ccccc2)cc1)Cc1ccsc1. The molecule has 0 aliphatic carbocycles. The van der Waals surface area contributed by atoms with Gasteiger partial charge in [-0.25, -0.2) is 0 Å². The molecule has 1 atom stereocenters. The lowest BCUT2D eigenvalue weighted by atomic mass is 10.2. The highest BCUT2D eigenvalue weighted by Gasteiger charge is 2.11. The van der Waals surface area contributed by atoms with Crippen LogP contribution < -0.4 is 15.0 Å². The van der Waals surface area contributed by atoms with Crippen molar-refractivity contribution in [2.24, 2.45) is 0 Å². The van der Waals surface area contributed by atoms with Gasteiger partial charge in [-0.15, -0.1) is 0 Å². The molecule has 26 heavy (non-hydrogen) atoms. The Balaban J connectivity index is 1.45. The van der Waals surface area contributed by atoms with E-state index in [1.54, 1.807) is 11.3 Å². The number of thiophene rings is 1. The summed E-state index contributed by atoms with van der Waals surface area (Å²) >= 11 is 1.68. The van der Waals surface area contributed by atoms with E-state index < -0.39 is 0 Å². The molecule has 0 aliphatic rings. The predicted molar refractivity (Wildman–Crippen MR) is 106 cm³/mol. The van der Waals surface area contributed by atoms with Crippen LogP contribution in [0.1, 0.15) is 11.1 Å². The van der Waals surface area contributed by atoms with Crippen LogP contribution in [-0.2, 0) is 17.9 Å². The van der Waals surface area contributed by atoms with Crippen molar-refractivity contribution in [1.29, 1.82) is 0 Å². The van der Waals surface area contributed by atoms with Crippen molar-refractivity contribution in [1.82, 2.24) is 0 Å². The van der Waals surface area contributed by atoms with E-state index in [4.69, 9.17) is 4.74 Å². The van der Waals surface area contributed by atoms with E-state index in [2.05, 4.69) is 22.1 Å². The number of hydrogen-bond acceptors (Lipinski definition) is 3. The highest BCUT2D eigenvalue weighted by atomic mass is 32.1. The van der Waals surface area contributed by atoms with Crippen molar-refractivity contribution in [3.05, 3.63) is 82.6 Å². The minimum absolute atomic E-state index is 0.00989. The van der Waals surface area contributed by atoms with Crippen LogP contribution in [0.15, 0.2) is 71.4 Å². The van der Waals surface area contributed by atoms with E-state index >= 15 is 0 Å². The third-order valence-electron chi connectivity index (χ3n) is 3.93. The zero-order chi connectivity index (χ0) is 18.2. The first kappa shape index (κ1) is 18.2. The summed E-state index contributed by atoms with van der Waals surface area (Å²) < 4.78 is 5.76. The first-order chi connectivity index (χ1) is 12.7. The number of amides is 1. The molecule has 0 aliphatic heterocycles. The average molecular weight is 367 g/mol. The number of carbonyl (C=O) groups excluding carboxylic acids is 1. The monoisotopic (exact) mass is 367 g/mol. The molecule has 134 valence electrons. The Morgan fingerprint density at radius 1 is 1.04 bits per heavy atom. The summed E-state index contributed by atoms with van der Waals surface area (Å²) in [4.78, 5) is 13.3. The minimum atomic E-state index is 0.00989. The van der Waals surface area contributed by atoms with Gasteiger partial charge in [-0.3, -0.25) is 4.79 Å². The second-order valence-electron chi connectivity index (χ2n) is 6.29. The van der Waals surface area contributed by atoms with Gasteiger partial charge in [0.25, 0.3) is 5.91 Å². The number of anilines is 1. The van der Waals surface area contributed by atoms with E-state index in [1.165, 1.54) is 5.56 Å². The van der Waals surface area contributed by atoms with E-state index in [9.17, 15) is 4.79 Å². The largest absolute Gasteiger partial charge is 0.489 e. The van der Waals surface area contributed by atoms with Crippen molar-refractivity contribution in [2.75, 3.05) is 18.9 Å². The van der Waals surface area contributed by atoms with Crippen molar-refractivity contribution in [2.45, 2.75) is 13.2 Å². The number of rotatable bonds is 8. The Hall–Kier alpha value is -2.63. The van der Waals surface area contributed by atoms with Crippen molar-refractivity contribution >= 4 is 22.9 Å². The number of hydrogen-bond donors (Lipinski definition) is 2. The maximum atomic E-state index is 12.2. The normalized spacial score (nSPS) is 11.7. The summed E-state index contributed by atoms with van der Waals surface area (Å²) in [5.74, 6) is 0.794. The summed E-state index contributed by atoms with van der Waals surface area (Å²) in [6.07, 6.45) is 0. The van der Waals surface area contributed by atoms with Crippen LogP contribution in [-0.4, -0.2) is 19.5 Å². The van der Waals surface area contributed by atoms with E-state index in [0.29, 0.717) is 13.2 Å². The van der Waals surface area contributed by atoms with Gasteiger partial charge >= 0.3 is 0 Å². The molecular formula is C21H23N2O2S+. The zero-order valence-corrected chi connectivity index (χ0v) is 15.6. The lowest BCUT2D eigenvalue weighted by molar-refractivity contribution is -0.885. The summed E-state index contributed by atoms with van der Waals surface area (Å²) in [5, 5.41) is 7.12. The van der Waals surface area contributed by atoms with E-state index in [1.807, 2.05) is 61.6 Å². The first-order valence-corrected chi connectivity index (χ1v) is 9.52. The number of nitrogens with one attached hydrogen (secondary N) is 2. The van der Waals surface area contributed by atoms with Crippen molar-refractivity contribution in [3.8, 4) is 5.75 Å². The summed E-state index contributed by atoms with van der Waals surface area (Å²) in [6, 6.07) is 19.6. The molecule has 4 nitrogen and oxygen atoms in total. The Morgan fingerprint density at radius 3 is 2.50 bits per heavy atom. The number of likely N-dealkylation sites (N-methyl/N-ethyl adjacent to an activating group) is 1. The van der Waals surface area contributed by atoms with Gasteiger partial charge < -0.3 is 15.0 Å². The van der Waals surface area contributed by atoms with Crippen LogP contribution in [0, 0.1) is 0 Å². The molecule has 0 saturated heterocycles. The topological polar surface area (TPSA) is 42.8 Å². The lowest BCUT2D eigenvalue weighted by Crippen LogP contribution is -3.08. The van der Waals surface area contributed by atoms with Gasteiger partial charge in [0, 0.05) is 11.3 Å². The van der Waals surface area contributed by atoms with Crippen LogP contribution in [0.25, 0.3) is 0 Å². The fraction of sp³-hybridized carbons (Fsp3) is 0.190. The number of benzene rings is 2. The third-order valence-corrected chi connectivity index (χ3v) is 4.67. The smallest absolute Gasteiger partial charge is 0.279 e. The predicted octanol–water partition coefficient (Wildman–Crippen LogP) is 2.98. The molecule has 2 N–H and O–H groups in total. The Morgan fingerprint density at radius 2 is 1.81 bits per heavy atom. The molecule has 3 rings (SSSR count). The van der Waals surface area contributed by atoms with Gasteiger partial charge in [0.1, 0.15) is 18.9 Å². The van der Waals surface area contributed by atoms with Gasteiger partial charge in [-0.2, -0.15) is 11.3 Å². The van der Waals surface area contributed by atoms with Crippen molar-refractivity contribution in [3.63, 3.8) is 0 Å². The molecule has 1 amide bonds. The maximum absolute atomic E-state index is 12.2. The Kier molecular flexibility index (Phi) is 6.41. The first-order valence-electron chi connectivity index (χ1n) is 8.58. The van der Waals surface area contributed by atoms with Crippen LogP contribution in [0.4, 0.5) is 5.69 Å². The fourth-order valence-corrected chi connectivity index (χ4v) is 3.33. The molecule has 0 radical (unpaired) electrons. The molecule has 1 unspecified atom stereocenters. The molecule has 0 saturated carbocycles. The highest BCUT2D eigenvalue weighted by molar-refractivity contribution is 7.07. The van der Waals surface area contributed by atoms with Gasteiger partial charge in [0.2, 0.25) is 0 Å². The Labute approximate surface area is 158 Å². The second-order valence-corrected chi connectivity index (χ2v) is 7.07. The molecular weight excluding hydrogens is 344 g/mol. The standard InChI is InChI=1S/C21H22N2O2S/c1-23(13-18-11-12-26-16-18)14-21(24)22-19-7-9-20(10-8-19)25-15-17-5-3-2-4-6-17/h2-12,16H,13-15H2,1H3,(H,22,24)/p+1. The van der Waals surface area contributed by atoms with Gasteiger partial charge in [0.15, 0.2) is 6.54 Å². The minimum Gasteiger partial charge on any atom is -0.489 e. The van der Waals surface area contributed by atoms with Gasteiger partial charge in [-0.05, 0) is 46.7 Å². The van der Waals surface area contributed by atoms with Crippen molar-refractivity contribution < 1.29 is 14.4 Å². The molecule has 0 bridgehead atoms. The number of ether oxygens (including phenoxy) is 1. The van der Waals surface area contributed by atoms with Gasteiger partial charge in [-0.1, -0.05) is 30.3 Å². The van der Waals surface area contributed by atoms with E-state index in [-0.39, 0.29) is 5.91 Å². The molecule has 0 spiro atoms. The second kappa shape index (κ2) is 9.17. The van der Waals surface area contributed by atoms with Crippen LogP contribution in [0.2, 0.25) is 0 Å². The zero-order valence-electron chi connectivity index (χ0n) is 14.8. The molecule has 1 aromatic heterocycles. The third kappa shape index (κ3) is 5.72. The Bertz CT molecular complexity index is 802. The number of carbonyl (C=O) groups is 1. The molecule has 0 fully saturated rings. The summed E-state index contributed by atoms with van der Waals surface area (Å²) in [7, 11) is 2.03. The molecule has 5 heteroatoms.